The van der Waals surface area contributed by atoms with Crippen LogP contribution >= 0.6 is 0 Å². The van der Waals surface area contributed by atoms with E-state index in [0.717, 1.165) is 42.9 Å². The third kappa shape index (κ3) is 2.59. The number of carbonyl (C=O) groups excluding carboxylic acids is 1. The second-order valence-corrected chi connectivity index (χ2v) is 6.31. The van der Waals surface area contributed by atoms with Gasteiger partial charge in [0, 0.05) is 6.54 Å². The van der Waals surface area contributed by atoms with E-state index in [0.29, 0.717) is 5.92 Å². The van der Waals surface area contributed by atoms with Gasteiger partial charge in [-0.1, -0.05) is 19.4 Å². The maximum absolute atomic E-state index is 12.5. The number of hydrogen-bond acceptors (Lipinski definition) is 3. The van der Waals surface area contributed by atoms with Crippen molar-refractivity contribution < 1.29 is 9.53 Å². The predicted molar refractivity (Wildman–Crippen MR) is 85.0 cm³/mol. The van der Waals surface area contributed by atoms with E-state index in [9.17, 15) is 4.79 Å². The van der Waals surface area contributed by atoms with Crippen LogP contribution in [0.1, 0.15) is 40.0 Å². The van der Waals surface area contributed by atoms with E-state index in [-0.39, 0.29) is 18.1 Å². The average molecular weight is 288 g/mol. The van der Waals surface area contributed by atoms with Gasteiger partial charge in [0.1, 0.15) is 17.5 Å². The summed E-state index contributed by atoms with van der Waals surface area (Å²) in [5.74, 6) is 1.54. The molecule has 0 bridgehead atoms. The maximum atomic E-state index is 12.5. The van der Waals surface area contributed by atoms with Crippen LogP contribution in [0.2, 0.25) is 0 Å². The minimum Gasteiger partial charge on any atom is -0.489 e. The standard InChI is InChI=1S/C17H24N2O2/c1-4-12-8-9-19-13-6-5-7-15(21-11(2)3)16(13)18-17(20)14(19)10-12/h5-7,11-12,14H,4,8-10H2,1-3H3,(H,18,20). The Balaban J connectivity index is 1.94. The number of fused-ring (bicyclic) bond motifs is 3. The fourth-order valence-corrected chi connectivity index (χ4v) is 3.39. The van der Waals surface area contributed by atoms with Gasteiger partial charge in [0.05, 0.1) is 11.8 Å². The topological polar surface area (TPSA) is 41.6 Å². The fourth-order valence-electron chi connectivity index (χ4n) is 3.39. The van der Waals surface area contributed by atoms with Gasteiger partial charge in [-0.3, -0.25) is 4.79 Å². The first-order valence-corrected chi connectivity index (χ1v) is 7.97. The van der Waals surface area contributed by atoms with Gasteiger partial charge in [-0.15, -0.1) is 0 Å². The summed E-state index contributed by atoms with van der Waals surface area (Å²) in [4.78, 5) is 14.7. The second-order valence-electron chi connectivity index (χ2n) is 6.31. The lowest BCUT2D eigenvalue weighted by Crippen LogP contribution is -2.52. The Labute approximate surface area is 126 Å². The molecule has 4 heteroatoms. The Morgan fingerprint density at radius 3 is 2.95 bits per heavy atom. The van der Waals surface area contributed by atoms with Crippen molar-refractivity contribution in [3.8, 4) is 5.75 Å². The summed E-state index contributed by atoms with van der Waals surface area (Å²) in [6.07, 6.45) is 3.37. The van der Waals surface area contributed by atoms with Crippen LogP contribution in [0.5, 0.6) is 5.75 Å². The summed E-state index contributed by atoms with van der Waals surface area (Å²) in [7, 11) is 0. The van der Waals surface area contributed by atoms with Crippen LogP contribution in [-0.4, -0.2) is 24.6 Å². The quantitative estimate of drug-likeness (QED) is 0.926. The van der Waals surface area contributed by atoms with E-state index in [1.807, 2.05) is 26.0 Å². The SMILES string of the molecule is CCC1CCN2c3cccc(OC(C)C)c3NC(=O)C2C1. The van der Waals surface area contributed by atoms with Gasteiger partial charge in [-0.25, -0.2) is 0 Å². The molecule has 1 aromatic rings. The maximum Gasteiger partial charge on any atom is 0.247 e. The van der Waals surface area contributed by atoms with E-state index in [4.69, 9.17) is 4.74 Å². The van der Waals surface area contributed by atoms with Gasteiger partial charge in [0.2, 0.25) is 5.91 Å². The molecule has 0 radical (unpaired) electrons. The zero-order valence-electron chi connectivity index (χ0n) is 13.1. The largest absolute Gasteiger partial charge is 0.489 e. The van der Waals surface area contributed by atoms with Crippen LogP contribution < -0.4 is 15.0 Å². The number of ether oxygens (including phenoxy) is 1. The van der Waals surface area contributed by atoms with Crippen molar-refractivity contribution in [3.05, 3.63) is 18.2 Å². The van der Waals surface area contributed by atoms with Gasteiger partial charge in [0.15, 0.2) is 0 Å². The zero-order chi connectivity index (χ0) is 15.0. The molecule has 2 aliphatic heterocycles. The minimum absolute atomic E-state index is 0.0227. The summed E-state index contributed by atoms with van der Waals surface area (Å²) >= 11 is 0. The summed E-state index contributed by atoms with van der Waals surface area (Å²) in [6.45, 7) is 7.16. The number of benzene rings is 1. The Kier molecular flexibility index (Phi) is 3.79. The van der Waals surface area contributed by atoms with Crippen LogP contribution in [-0.2, 0) is 4.79 Å². The lowest BCUT2D eigenvalue weighted by molar-refractivity contribution is -0.118. The van der Waals surface area contributed by atoms with Crippen LogP contribution in [0.25, 0.3) is 0 Å². The minimum atomic E-state index is -0.0227. The molecule has 0 aromatic heterocycles. The molecule has 114 valence electrons. The van der Waals surface area contributed by atoms with Gasteiger partial charge in [-0.05, 0) is 44.7 Å². The molecule has 2 heterocycles. The van der Waals surface area contributed by atoms with E-state index >= 15 is 0 Å². The molecule has 0 spiro atoms. The highest BCUT2D eigenvalue weighted by Crippen LogP contribution is 2.42. The third-order valence-corrected chi connectivity index (χ3v) is 4.52. The highest BCUT2D eigenvalue weighted by atomic mass is 16.5. The highest BCUT2D eigenvalue weighted by Gasteiger charge is 2.38. The molecule has 2 aliphatic rings. The molecular weight excluding hydrogens is 264 g/mol. The number of para-hydroxylation sites is 1. The first kappa shape index (κ1) is 14.2. The van der Waals surface area contributed by atoms with Crippen molar-refractivity contribution in [2.24, 2.45) is 5.92 Å². The van der Waals surface area contributed by atoms with Crippen LogP contribution in [0.15, 0.2) is 18.2 Å². The molecule has 0 aliphatic carbocycles. The number of piperidine rings is 1. The molecular formula is C17H24N2O2. The predicted octanol–water partition coefficient (Wildman–Crippen LogP) is 3.42. The smallest absolute Gasteiger partial charge is 0.247 e. The normalized spacial score (nSPS) is 24.4. The first-order valence-electron chi connectivity index (χ1n) is 7.97. The molecule has 4 nitrogen and oxygen atoms in total. The van der Waals surface area contributed by atoms with Crippen LogP contribution in [0.4, 0.5) is 11.4 Å². The van der Waals surface area contributed by atoms with Crippen molar-refractivity contribution in [1.82, 2.24) is 0 Å². The van der Waals surface area contributed by atoms with Gasteiger partial charge in [0.25, 0.3) is 0 Å². The Bertz CT molecular complexity index is 542. The van der Waals surface area contributed by atoms with Gasteiger partial charge in [-0.2, -0.15) is 0 Å². The van der Waals surface area contributed by atoms with Gasteiger partial charge < -0.3 is 15.0 Å². The molecule has 1 amide bonds. The van der Waals surface area contributed by atoms with Crippen molar-refractivity contribution in [2.45, 2.75) is 52.2 Å². The lowest BCUT2D eigenvalue weighted by atomic mass is 9.87. The van der Waals surface area contributed by atoms with Crippen molar-refractivity contribution in [2.75, 3.05) is 16.8 Å². The number of nitrogens with zero attached hydrogens (tertiary/aromatic N) is 1. The van der Waals surface area contributed by atoms with E-state index in [1.165, 1.54) is 0 Å². The van der Waals surface area contributed by atoms with Crippen molar-refractivity contribution >= 4 is 17.3 Å². The Morgan fingerprint density at radius 1 is 1.43 bits per heavy atom. The molecule has 1 N–H and O–H groups in total. The number of anilines is 2. The summed E-state index contributed by atoms with van der Waals surface area (Å²) < 4.78 is 5.84. The van der Waals surface area contributed by atoms with Crippen LogP contribution in [0, 0.1) is 5.92 Å². The monoisotopic (exact) mass is 288 g/mol. The molecule has 3 rings (SSSR count). The second kappa shape index (κ2) is 5.58. The molecule has 1 fully saturated rings. The molecule has 1 saturated heterocycles. The van der Waals surface area contributed by atoms with E-state index in [2.05, 4.69) is 23.2 Å². The summed E-state index contributed by atoms with van der Waals surface area (Å²) in [5.41, 5.74) is 1.94. The number of carbonyl (C=O) groups is 1. The molecule has 0 saturated carbocycles. The number of rotatable bonds is 3. The van der Waals surface area contributed by atoms with Gasteiger partial charge >= 0.3 is 0 Å². The lowest BCUT2D eigenvalue weighted by Gasteiger charge is -2.44. The molecule has 21 heavy (non-hydrogen) atoms. The van der Waals surface area contributed by atoms with E-state index < -0.39 is 0 Å². The summed E-state index contributed by atoms with van der Waals surface area (Å²) in [6, 6.07) is 6.00. The van der Waals surface area contributed by atoms with E-state index in [1.54, 1.807) is 0 Å². The molecule has 2 unspecified atom stereocenters. The van der Waals surface area contributed by atoms with Crippen molar-refractivity contribution in [3.63, 3.8) is 0 Å². The van der Waals surface area contributed by atoms with Crippen LogP contribution in [0.3, 0.4) is 0 Å². The number of nitrogens with one attached hydrogen (secondary N) is 1. The summed E-state index contributed by atoms with van der Waals surface area (Å²) in [5, 5.41) is 3.07. The Morgan fingerprint density at radius 2 is 2.24 bits per heavy atom. The molecule has 1 aromatic carbocycles. The average Bonchev–Trinajstić information content (AvgIpc) is 2.47. The third-order valence-electron chi connectivity index (χ3n) is 4.52. The first-order chi connectivity index (χ1) is 10.1. The number of amides is 1. The highest BCUT2D eigenvalue weighted by molar-refractivity contribution is 6.05. The van der Waals surface area contributed by atoms with Crippen molar-refractivity contribution in [1.29, 1.82) is 0 Å². The molecule has 2 atom stereocenters. The fraction of sp³-hybridized carbons (Fsp3) is 0.588. The zero-order valence-corrected chi connectivity index (χ0v) is 13.1. The Hall–Kier alpha value is -1.71. The number of hydrogen-bond donors (Lipinski definition) is 1.